The average Bonchev–Trinajstić information content (AvgIpc) is 2.85. The molecular formula is C25H27ClO6S. The lowest BCUT2D eigenvalue weighted by Gasteiger charge is -2.24. The first-order chi connectivity index (χ1) is 15.3. The Morgan fingerprint density at radius 2 is 1.82 bits per heavy atom. The molecule has 2 aromatic rings. The number of carbonyl (C=O) groups is 1. The van der Waals surface area contributed by atoms with Crippen LogP contribution < -0.4 is 4.74 Å². The van der Waals surface area contributed by atoms with Crippen LogP contribution in [0.1, 0.15) is 57.4 Å². The van der Waals surface area contributed by atoms with Gasteiger partial charge in [0.05, 0.1) is 10.5 Å². The van der Waals surface area contributed by atoms with Gasteiger partial charge in [-0.25, -0.2) is 13.2 Å². The predicted octanol–water partition coefficient (Wildman–Crippen LogP) is 4.71. The van der Waals surface area contributed by atoms with Gasteiger partial charge in [0.1, 0.15) is 22.2 Å². The van der Waals surface area contributed by atoms with Gasteiger partial charge in [-0.3, -0.25) is 0 Å². The minimum absolute atomic E-state index is 0.221. The summed E-state index contributed by atoms with van der Waals surface area (Å²) >= 11 is 6.12. The third-order valence-corrected chi connectivity index (χ3v) is 7.96. The quantitative estimate of drug-likeness (QED) is 0.456. The van der Waals surface area contributed by atoms with Crippen molar-refractivity contribution in [3.63, 3.8) is 0 Å². The maximum Gasteiger partial charge on any atom is 0.344 e. The monoisotopic (exact) mass is 490 g/mol. The number of halogens is 1. The number of ether oxygens (including phenoxy) is 3. The summed E-state index contributed by atoms with van der Waals surface area (Å²) in [6.45, 7) is 8.35. The molecule has 2 aromatic carbocycles. The Hall–Kier alpha value is -2.53. The molecule has 8 heteroatoms. The van der Waals surface area contributed by atoms with Gasteiger partial charge in [0.25, 0.3) is 0 Å². The van der Waals surface area contributed by atoms with Crippen LogP contribution in [0.15, 0.2) is 41.3 Å². The number of fused-ring (bicyclic) bond motifs is 1. The molecule has 0 N–H and O–H groups in total. The van der Waals surface area contributed by atoms with E-state index in [1.54, 1.807) is 71.0 Å². The Labute approximate surface area is 200 Å². The van der Waals surface area contributed by atoms with Crippen LogP contribution in [0.4, 0.5) is 0 Å². The zero-order valence-corrected chi connectivity index (χ0v) is 21.1. The summed E-state index contributed by atoms with van der Waals surface area (Å²) in [6, 6.07) is 9.91. The van der Waals surface area contributed by atoms with E-state index < -0.39 is 32.3 Å². The van der Waals surface area contributed by atoms with Gasteiger partial charge >= 0.3 is 5.97 Å². The van der Waals surface area contributed by atoms with E-state index in [0.717, 1.165) is 0 Å². The SMILES string of the molecule is COC1c2ccc(C#Cc3cc(Cl)ccc3OCC(=O)OC(C)(C)C)cc2S(=O)(=O)C1(C)C. The zero-order chi connectivity index (χ0) is 24.6. The van der Waals surface area contributed by atoms with Crippen molar-refractivity contribution in [2.24, 2.45) is 0 Å². The normalized spacial score (nSPS) is 18.1. The predicted molar refractivity (Wildman–Crippen MR) is 126 cm³/mol. The minimum atomic E-state index is -3.59. The summed E-state index contributed by atoms with van der Waals surface area (Å²) < 4.78 is 41.3. The number of methoxy groups -OCH3 is 1. The van der Waals surface area contributed by atoms with Gasteiger partial charge in [-0.1, -0.05) is 29.5 Å². The second-order valence-corrected chi connectivity index (χ2v) is 12.2. The molecule has 0 saturated carbocycles. The molecule has 0 saturated heterocycles. The Kier molecular flexibility index (Phi) is 6.86. The van der Waals surface area contributed by atoms with E-state index in [0.29, 0.717) is 27.5 Å². The molecule has 1 unspecified atom stereocenters. The maximum atomic E-state index is 13.0. The number of benzene rings is 2. The molecule has 1 heterocycles. The van der Waals surface area contributed by atoms with Crippen molar-refractivity contribution in [3.05, 3.63) is 58.1 Å². The third-order valence-electron chi connectivity index (χ3n) is 5.19. The van der Waals surface area contributed by atoms with E-state index in [-0.39, 0.29) is 11.5 Å². The topological polar surface area (TPSA) is 78.9 Å². The molecule has 1 atom stereocenters. The molecule has 3 rings (SSSR count). The van der Waals surface area contributed by atoms with E-state index >= 15 is 0 Å². The first kappa shape index (κ1) is 25.1. The highest BCUT2D eigenvalue weighted by atomic mass is 35.5. The molecule has 0 fully saturated rings. The van der Waals surface area contributed by atoms with Crippen molar-refractivity contribution in [2.75, 3.05) is 13.7 Å². The summed E-state index contributed by atoms with van der Waals surface area (Å²) in [5, 5.41) is 0.449. The number of esters is 1. The van der Waals surface area contributed by atoms with Crippen LogP contribution in [-0.4, -0.2) is 38.5 Å². The molecule has 6 nitrogen and oxygen atoms in total. The number of hydrogen-bond acceptors (Lipinski definition) is 6. The summed E-state index contributed by atoms with van der Waals surface area (Å²) in [6.07, 6.45) is -0.555. The number of carbonyl (C=O) groups excluding carboxylic acids is 1. The largest absolute Gasteiger partial charge is 0.481 e. The lowest BCUT2D eigenvalue weighted by molar-refractivity contribution is -0.157. The Morgan fingerprint density at radius 3 is 2.45 bits per heavy atom. The van der Waals surface area contributed by atoms with Gasteiger partial charge in [-0.2, -0.15) is 0 Å². The van der Waals surface area contributed by atoms with E-state index in [9.17, 15) is 13.2 Å². The van der Waals surface area contributed by atoms with Crippen LogP contribution in [0.2, 0.25) is 5.02 Å². The summed E-state index contributed by atoms with van der Waals surface area (Å²) in [7, 11) is -2.09. The molecule has 0 aromatic heterocycles. The van der Waals surface area contributed by atoms with Crippen LogP contribution in [0, 0.1) is 11.8 Å². The molecule has 33 heavy (non-hydrogen) atoms. The van der Waals surface area contributed by atoms with Gasteiger partial charge in [-0.05, 0) is 65.0 Å². The van der Waals surface area contributed by atoms with Crippen LogP contribution in [0.25, 0.3) is 0 Å². The van der Waals surface area contributed by atoms with Gasteiger partial charge < -0.3 is 14.2 Å². The fourth-order valence-corrected chi connectivity index (χ4v) is 5.66. The molecule has 0 radical (unpaired) electrons. The first-order valence-electron chi connectivity index (χ1n) is 10.3. The van der Waals surface area contributed by atoms with Crippen molar-refractivity contribution in [1.82, 2.24) is 0 Å². The number of sulfone groups is 1. The molecule has 0 bridgehead atoms. The van der Waals surface area contributed by atoms with E-state index in [1.165, 1.54) is 7.11 Å². The second kappa shape index (κ2) is 9.02. The third kappa shape index (κ3) is 5.19. The lowest BCUT2D eigenvalue weighted by atomic mass is 9.98. The van der Waals surface area contributed by atoms with Crippen LogP contribution in [0.5, 0.6) is 5.75 Å². The number of rotatable bonds is 4. The summed E-state index contributed by atoms with van der Waals surface area (Å²) in [5.41, 5.74) is 0.984. The van der Waals surface area contributed by atoms with Crippen LogP contribution in [0.3, 0.4) is 0 Å². The van der Waals surface area contributed by atoms with Crippen molar-refractivity contribution >= 4 is 27.4 Å². The highest BCUT2D eigenvalue weighted by molar-refractivity contribution is 7.93. The Morgan fingerprint density at radius 1 is 1.12 bits per heavy atom. The highest BCUT2D eigenvalue weighted by Crippen LogP contribution is 2.48. The minimum Gasteiger partial charge on any atom is -0.481 e. The molecule has 176 valence electrons. The van der Waals surface area contributed by atoms with Crippen LogP contribution >= 0.6 is 11.6 Å². The maximum absolute atomic E-state index is 13.0. The Bertz CT molecular complexity index is 1250. The summed E-state index contributed by atoms with van der Waals surface area (Å²) in [5.74, 6) is 5.80. The van der Waals surface area contributed by atoms with Gasteiger partial charge in [0, 0.05) is 23.3 Å². The Balaban J connectivity index is 1.90. The first-order valence-corrected chi connectivity index (χ1v) is 12.2. The second-order valence-electron chi connectivity index (χ2n) is 9.24. The number of hydrogen-bond donors (Lipinski definition) is 0. The standard InChI is InChI=1S/C25H27ClO6S/c1-24(2,3)32-22(27)15-31-20-12-10-18(26)14-17(20)9-7-16-8-11-19-21(13-16)33(28,29)25(4,5)23(19)30-6/h8,10-14,23H,15H2,1-6H3. The molecule has 1 aliphatic heterocycles. The molecule has 0 spiro atoms. The zero-order valence-electron chi connectivity index (χ0n) is 19.5. The van der Waals surface area contributed by atoms with Crippen molar-refractivity contribution < 1.29 is 27.4 Å². The fourth-order valence-electron chi connectivity index (χ4n) is 3.64. The van der Waals surface area contributed by atoms with Crippen LogP contribution in [-0.2, 0) is 24.1 Å². The van der Waals surface area contributed by atoms with Gasteiger partial charge in [0.2, 0.25) is 0 Å². The smallest absolute Gasteiger partial charge is 0.344 e. The average molecular weight is 491 g/mol. The molecular weight excluding hydrogens is 464 g/mol. The van der Waals surface area contributed by atoms with Crippen molar-refractivity contribution in [1.29, 1.82) is 0 Å². The lowest BCUT2D eigenvalue weighted by Crippen LogP contribution is -2.33. The summed E-state index contributed by atoms with van der Waals surface area (Å²) in [4.78, 5) is 12.2. The molecule has 0 amide bonds. The molecule has 1 aliphatic rings. The fraction of sp³-hybridized carbons (Fsp3) is 0.400. The van der Waals surface area contributed by atoms with Gasteiger partial charge in [-0.15, -0.1) is 0 Å². The van der Waals surface area contributed by atoms with E-state index in [1.807, 2.05) is 0 Å². The highest BCUT2D eigenvalue weighted by Gasteiger charge is 2.52. The van der Waals surface area contributed by atoms with Crippen molar-refractivity contribution in [3.8, 4) is 17.6 Å². The molecule has 0 aliphatic carbocycles. The van der Waals surface area contributed by atoms with Crippen molar-refractivity contribution in [2.45, 2.75) is 56.0 Å². The van der Waals surface area contributed by atoms with E-state index in [4.69, 9.17) is 25.8 Å². The van der Waals surface area contributed by atoms with E-state index in [2.05, 4.69) is 11.8 Å². The van der Waals surface area contributed by atoms with Gasteiger partial charge in [0.15, 0.2) is 16.4 Å².